The monoisotopic (exact) mass is 422 g/mol. The van der Waals surface area contributed by atoms with Gasteiger partial charge in [-0.1, -0.05) is 62.4 Å². The van der Waals surface area contributed by atoms with Gasteiger partial charge in [-0.3, -0.25) is 4.79 Å². The van der Waals surface area contributed by atoms with Gasteiger partial charge >= 0.3 is 5.97 Å². The summed E-state index contributed by atoms with van der Waals surface area (Å²) in [5.74, 6) is 2.33. The van der Waals surface area contributed by atoms with Gasteiger partial charge in [0, 0.05) is 5.75 Å². The molecular formula is C26H30O3S. The Morgan fingerprint density at radius 2 is 1.83 bits per heavy atom. The molecular weight excluding hydrogens is 392 g/mol. The Hall–Kier alpha value is -2.20. The van der Waals surface area contributed by atoms with Crippen molar-refractivity contribution in [2.24, 2.45) is 17.8 Å². The van der Waals surface area contributed by atoms with E-state index in [1.54, 1.807) is 0 Å². The molecule has 3 unspecified atom stereocenters. The lowest BCUT2D eigenvalue weighted by Crippen LogP contribution is -2.24. The molecule has 3 nitrogen and oxygen atoms in total. The molecule has 0 aliphatic heterocycles. The number of esters is 1. The largest absolute Gasteiger partial charge is 0.489 e. The number of carbonyl (C=O) groups is 1. The van der Waals surface area contributed by atoms with Crippen molar-refractivity contribution in [3.63, 3.8) is 0 Å². The van der Waals surface area contributed by atoms with Crippen LogP contribution >= 0.6 is 11.8 Å². The van der Waals surface area contributed by atoms with E-state index in [2.05, 4.69) is 44.2 Å². The molecule has 0 heterocycles. The predicted octanol–water partition coefficient (Wildman–Crippen LogP) is 5.99. The van der Waals surface area contributed by atoms with Crippen LogP contribution < -0.4 is 4.74 Å². The van der Waals surface area contributed by atoms with E-state index in [4.69, 9.17) is 9.47 Å². The van der Waals surface area contributed by atoms with Crippen molar-refractivity contribution in [1.29, 1.82) is 0 Å². The van der Waals surface area contributed by atoms with Gasteiger partial charge in [0.15, 0.2) is 0 Å². The van der Waals surface area contributed by atoms with E-state index in [0.29, 0.717) is 24.4 Å². The molecule has 0 spiro atoms. The van der Waals surface area contributed by atoms with Crippen LogP contribution in [-0.2, 0) is 16.1 Å². The van der Waals surface area contributed by atoms with Crippen LogP contribution in [-0.4, -0.2) is 23.6 Å². The smallest absolute Gasteiger partial charge is 0.310 e. The van der Waals surface area contributed by atoms with Crippen LogP contribution in [0.25, 0.3) is 5.57 Å². The van der Waals surface area contributed by atoms with E-state index in [-0.39, 0.29) is 17.8 Å². The Kier molecular flexibility index (Phi) is 6.83. The summed E-state index contributed by atoms with van der Waals surface area (Å²) in [4.78, 5) is 12.7. The summed E-state index contributed by atoms with van der Waals surface area (Å²) < 4.78 is 11.5. The van der Waals surface area contributed by atoms with Crippen LogP contribution in [0.3, 0.4) is 0 Å². The van der Waals surface area contributed by atoms with Crippen LogP contribution in [0.4, 0.5) is 0 Å². The number of ether oxygens (including phenoxy) is 2. The predicted molar refractivity (Wildman–Crippen MR) is 123 cm³/mol. The van der Waals surface area contributed by atoms with Crippen LogP contribution in [0.1, 0.15) is 37.8 Å². The van der Waals surface area contributed by atoms with Crippen molar-refractivity contribution in [3.05, 3.63) is 71.8 Å². The van der Waals surface area contributed by atoms with Gasteiger partial charge in [0.25, 0.3) is 0 Å². The molecule has 1 saturated carbocycles. The van der Waals surface area contributed by atoms with Crippen LogP contribution in [0.15, 0.2) is 60.7 Å². The molecule has 158 valence electrons. The second kappa shape index (κ2) is 9.74. The SMILES string of the molecule is CC(C)SCCOC(=O)C1C2C=C(c3ccc(OCc4ccccc4)cc3)C1CC2. The van der Waals surface area contributed by atoms with E-state index in [1.807, 2.05) is 42.1 Å². The Bertz CT molecular complexity index is 873. The fourth-order valence-electron chi connectivity index (χ4n) is 4.58. The minimum Gasteiger partial charge on any atom is -0.489 e. The summed E-state index contributed by atoms with van der Waals surface area (Å²) >= 11 is 1.83. The van der Waals surface area contributed by atoms with E-state index in [9.17, 15) is 4.79 Å². The first-order chi connectivity index (χ1) is 14.6. The normalized spacial score (nSPS) is 22.2. The lowest BCUT2D eigenvalue weighted by atomic mass is 9.89. The highest BCUT2D eigenvalue weighted by Crippen LogP contribution is 2.52. The van der Waals surface area contributed by atoms with Gasteiger partial charge in [-0.25, -0.2) is 0 Å². The molecule has 0 aromatic heterocycles. The molecule has 0 N–H and O–H groups in total. The first-order valence-electron chi connectivity index (χ1n) is 10.9. The summed E-state index contributed by atoms with van der Waals surface area (Å²) in [7, 11) is 0. The van der Waals surface area contributed by atoms with E-state index in [1.165, 1.54) is 11.1 Å². The number of fused-ring (bicyclic) bond motifs is 2. The highest BCUT2D eigenvalue weighted by atomic mass is 32.2. The third-order valence-electron chi connectivity index (χ3n) is 5.99. The highest BCUT2D eigenvalue weighted by molar-refractivity contribution is 7.99. The highest BCUT2D eigenvalue weighted by Gasteiger charge is 2.47. The van der Waals surface area contributed by atoms with Gasteiger partial charge in [-0.15, -0.1) is 0 Å². The number of allylic oxidation sites excluding steroid dienone is 2. The van der Waals surface area contributed by atoms with Gasteiger partial charge < -0.3 is 9.47 Å². The van der Waals surface area contributed by atoms with Gasteiger partial charge in [0.2, 0.25) is 0 Å². The third kappa shape index (κ3) is 4.92. The maximum Gasteiger partial charge on any atom is 0.310 e. The number of rotatable bonds is 9. The zero-order valence-corrected chi connectivity index (χ0v) is 18.6. The molecule has 4 rings (SSSR count). The van der Waals surface area contributed by atoms with Crippen LogP contribution in [0.5, 0.6) is 5.75 Å². The summed E-state index contributed by atoms with van der Waals surface area (Å²) in [5.41, 5.74) is 3.66. The molecule has 3 atom stereocenters. The van der Waals surface area contributed by atoms with Crippen LogP contribution in [0, 0.1) is 17.8 Å². The molecule has 30 heavy (non-hydrogen) atoms. The molecule has 2 aliphatic carbocycles. The van der Waals surface area contributed by atoms with Crippen molar-refractivity contribution in [3.8, 4) is 5.75 Å². The van der Waals surface area contributed by atoms with E-state index < -0.39 is 0 Å². The fraction of sp³-hybridized carbons (Fsp3) is 0.423. The lowest BCUT2D eigenvalue weighted by Gasteiger charge is -2.18. The Balaban J connectivity index is 1.33. The van der Waals surface area contributed by atoms with Crippen molar-refractivity contribution in [1.82, 2.24) is 0 Å². The zero-order valence-electron chi connectivity index (χ0n) is 17.8. The molecule has 4 heteroatoms. The second-order valence-corrected chi connectivity index (χ2v) is 10.1. The summed E-state index contributed by atoms with van der Waals surface area (Å²) in [6.07, 6.45) is 4.47. The lowest BCUT2D eigenvalue weighted by molar-refractivity contribution is -0.149. The molecule has 2 aliphatic rings. The first-order valence-corrected chi connectivity index (χ1v) is 11.9. The van der Waals surface area contributed by atoms with Crippen molar-refractivity contribution >= 4 is 23.3 Å². The van der Waals surface area contributed by atoms with Gasteiger partial charge in [-0.05, 0) is 58.8 Å². The quantitative estimate of drug-likeness (QED) is 0.367. The second-order valence-electron chi connectivity index (χ2n) is 8.38. The van der Waals surface area contributed by atoms with Gasteiger partial charge in [-0.2, -0.15) is 11.8 Å². The summed E-state index contributed by atoms with van der Waals surface area (Å²) in [5, 5.41) is 0.569. The minimum atomic E-state index is -0.0130. The Morgan fingerprint density at radius 3 is 2.57 bits per heavy atom. The number of benzene rings is 2. The van der Waals surface area contributed by atoms with Crippen molar-refractivity contribution < 1.29 is 14.3 Å². The topological polar surface area (TPSA) is 35.5 Å². The van der Waals surface area contributed by atoms with Gasteiger partial charge in [0.1, 0.15) is 19.0 Å². The maximum atomic E-state index is 12.7. The fourth-order valence-corrected chi connectivity index (χ4v) is 5.23. The minimum absolute atomic E-state index is 0.00180. The average molecular weight is 423 g/mol. The Morgan fingerprint density at radius 1 is 1.07 bits per heavy atom. The molecule has 2 aromatic carbocycles. The van der Waals surface area contributed by atoms with Crippen molar-refractivity contribution in [2.45, 2.75) is 38.5 Å². The summed E-state index contributed by atoms with van der Waals surface area (Å²) in [6, 6.07) is 18.5. The van der Waals surface area contributed by atoms with E-state index in [0.717, 1.165) is 29.9 Å². The van der Waals surface area contributed by atoms with Gasteiger partial charge in [0.05, 0.1) is 5.92 Å². The zero-order chi connectivity index (χ0) is 20.9. The number of carbonyl (C=O) groups excluding carboxylic acids is 1. The van der Waals surface area contributed by atoms with Crippen LogP contribution in [0.2, 0.25) is 0 Å². The van der Waals surface area contributed by atoms with E-state index >= 15 is 0 Å². The first kappa shape index (κ1) is 21.0. The molecule has 2 aromatic rings. The third-order valence-corrected chi connectivity index (χ3v) is 7.05. The Labute approximate surface area is 183 Å². The molecule has 2 bridgehead atoms. The standard InChI is InChI=1S/C26H30O3S/c1-18(2)30-15-14-28-26(27)25-21-10-13-23(25)24(16-21)20-8-11-22(12-9-20)29-17-19-6-4-3-5-7-19/h3-9,11-12,16,18,21,23,25H,10,13-15,17H2,1-2H3. The molecule has 0 radical (unpaired) electrons. The summed E-state index contributed by atoms with van der Waals surface area (Å²) in [6.45, 7) is 5.41. The number of hydrogen-bond acceptors (Lipinski definition) is 4. The number of hydrogen-bond donors (Lipinski definition) is 0. The molecule has 0 amide bonds. The molecule has 0 saturated heterocycles. The van der Waals surface area contributed by atoms with Crippen molar-refractivity contribution in [2.75, 3.05) is 12.4 Å². The molecule has 1 fully saturated rings. The number of thioether (sulfide) groups is 1. The maximum absolute atomic E-state index is 12.7. The average Bonchev–Trinajstić information content (AvgIpc) is 3.34.